The van der Waals surface area contributed by atoms with Crippen LogP contribution in [0.2, 0.25) is 0 Å². The number of fused-ring (bicyclic) bond motifs is 2. The lowest BCUT2D eigenvalue weighted by Gasteiger charge is -2.21. The maximum absolute atomic E-state index is 12.5. The molecule has 21 heavy (non-hydrogen) atoms. The average molecular weight is 305 g/mol. The third-order valence-electron chi connectivity index (χ3n) is 3.47. The molecule has 106 valence electrons. The van der Waals surface area contributed by atoms with Crippen molar-refractivity contribution in [1.82, 2.24) is 0 Å². The molecule has 0 heterocycles. The Kier molecular flexibility index (Phi) is 2.88. The summed E-state index contributed by atoms with van der Waals surface area (Å²) < 4.78 is 0. The van der Waals surface area contributed by atoms with E-state index in [9.17, 15) is 24.9 Å². The Hall–Kier alpha value is -2.53. The Labute approximate surface area is 124 Å². The second-order valence-electron chi connectivity index (χ2n) is 4.65. The highest BCUT2D eigenvalue weighted by molar-refractivity contribution is 6.31. The van der Waals surface area contributed by atoms with Gasteiger partial charge in [-0.15, -0.1) is 11.6 Å². The zero-order chi connectivity index (χ0) is 15.3. The molecule has 5 nitrogen and oxygen atoms in total. The zero-order valence-electron chi connectivity index (χ0n) is 10.6. The average Bonchev–Trinajstić information content (AvgIpc) is 2.46. The lowest BCUT2D eigenvalue weighted by Crippen LogP contribution is -2.21. The molecule has 6 heteroatoms. The molecule has 3 N–H and O–H groups in total. The minimum absolute atomic E-state index is 0.0195. The van der Waals surface area contributed by atoms with Gasteiger partial charge in [0.25, 0.3) is 0 Å². The van der Waals surface area contributed by atoms with Crippen LogP contribution in [0.1, 0.15) is 37.4 Å². The van der Waals surface area contributed by atoms with E-state index in [0.29, 0.717) is 0 Å². The van der Waals surface area contributed by atoms with Crippen LogP contribution in [0, 0.1) is 0 Å². The third kappa shape index (κ3) is 1.71. The molecule has 0 radical (unpaired) electrons. The van der Waals surface area contributed by atoms with Crippen LogP contribution in [0.5, 0.6) is 17.2 Å². The smallest absolute Gasteiger partial charge is 0.202 e. The van der Waals surface area contributed by atoms with Gasteiger partial charge in [0.15, 0.2) is 5.78 Å². The number of carbonyl (C=O) groups excluding carboxylic acids is 2. The van der Waals surface area contributed by atoms with Gasteiger partial charge in [-0.1, -0.05) is 12.1 Å². The molecular weight excluding hydrogens is 296 g/mol. The molecule has 0 saturated carbocycles. The van der Waals surface area contributed by atoms with Gasteiger partial charge in [-0.05, 0) is 12.1 Å². The summed E-state index contributed by atoms with van der Waals surface area (Å²) in [6, 6.07) is 5.21. The Balaban J connectivity index is 2.41. The van der Waals surface area contributed by atoms with Crippen molar-refractivity contribution in [1.29, 1.82) is 0 Å². The lowest BCUT2D eigenvalue weighted by molar-refractivity contribution is 0.0971. The number of hydrogen-bond donors (Lipinski definition) is 3. The Morgan fingerprint density at radius 3 is 2.29 bits per heavy atom. The van der Waals surface area contributed by atoms with Crippen LogP contribution in [0.25, 0.3) is 0 Å². The molecule has 2 aromatic carbocycles. The Bertz CT molecular complexity index is 810. The summed E-state index contributed by atoms with van der Waals surface area (Å²) in [5.74, 6) is -2.71. The standard InChI is InChI=1S/C15H9ClO5/c16-5-6-4-9(18)11-12(13(6)19)14(20)7-2-1-3-8(17)10(7)15(11)21/h1-4,17-19H,5H2. The SMILES string of the molecule is O=C1c2c(O)cccc2C(=O)c2c(O)c(CCl)cc(O)c21. The van der Waals surface area contributed by atoms with Crippen LogP contribution < -0.4 is 0 Å². The number of hydrogen-bond acceptors (Lipinski definition) is 5. The van der Waals surface area contributed by atoms with Crippen LogP contribution in [0.15, 0.2) is 24.3 Å². The van der Waals surface area contributed by atoms with E-state index in [1.807, 2.05) is 0 Å². The second-order valence-corrected chi connectivity index (χ2v) is 4.91. The van der Waals surface area contributed by atoms with E-state index in [1.54, 1.807) is 0 Å². The van der Waals surface area contributed by atoms with Crippen LogP contribution in [0.3, 0.4) is 0 Å². The van der Waals surface area contributed by atoms with Gasteiger partial charge in [-0.3, -0.25) is 9.59 Å². The summed E-state index contributed by atoms with van der Waals surface area (Å²) in [4.78, 5) is 24.9. The van der Waals surface area contributed by atoms with E-state index in [-0.39, 0.29) is 39.4 Å². The van der Waals surface area contributed by atoms with Crippen molar-refractivity contribution in [2.75, 3.05) is 0 Å². The van der Waals surface area contributed by atoms with Gasteiger partial charge in [0.2, 0.25) is 5.78 Å². The number of ketones is 2. The molecule has 0 aromatic heterocycles. The van der Waals surface area contributed by atoms with E-state index in [4.69, 9.17) is 11.6 Å². The van der Waals surface area contributed by atoms with Crippen molar-refractivity contribution in [3.05, 3.63) is 52.1 Å². The summed E-state index contributed by atoms with van der Waals surface area (Å²) >= 11 is 5.65. The summed E-state index contributed by atoms with van der Waals surface area (Å²) in [7, 11) is 0. The van der Waals surface area contributed by atoms with Crippen molar-refractivity contribution in [3.8, 4) is 17.2 Å². The fraction of sp³-hybridized carbons (Fsp3) is 0.0667. The molecule has 0 bridgehead atoms. The van der Waals surface area contributed by atoms with Crippen molar-refractivity contribution >= 4 is 23.2 Å². The minimum atomic E-state index is -0.716. The molecule has 0 spiro atoms. The van der Waals surface area contributed by atoms with Crippen molar-refractivity contribution < 1.29 is 24.9 Å². The quantitative estimate of drug-likeness (QED) is 0.474. The van der Waals surface area contributed by atoms with Gasteiger partial charge < -0.3 is 15.3 Å². The molecular formula is C15H9ClO5. The molecule has 0 saturated heterocycles. The fourth-order valence-corrected chi connectivity index (χ4v) is 2.70. The molecule has 3 rings (SSSR count). The number of alkyl halides is 1. The molecule has 0 atom stereocenters. The van der Waals surface area contributed by atoms with Crippen LogP contribution in [-0.2, 0) is 5.88 Å². The van der Waals surface area contributed by atoms with Crippen LogP contribution in [0.4, 0.5) is 0 Å². The summed E-state index contributed by atoms with van der Waals surface area (Å²) in [6.07, 6.45) is 0. The number of carbonyl (C=O) groups is 2. The number of benzene rings is 2. The molecule has 1 aliphatic carbocycles. The van der Waals surface area contributed by atoms with E-state index in [2.05, 4.69) is 0 Å². The number of aromatic hydroxyl groups is 3. The Morgan fingerprint density at radius 1 is 0.905 bits per heavy atom. The van der Waals surface area contributed by atoms with E-state index >= 15 is 0 Å². The molecule has 0 fully saturated rings. The van der Waals surface area contributed by atoms with Crippen molar-refractivity contribution in [3.63, 3.8) is 0 Å². The lowest BCUT2D eigenvalue weighted by atomic mass is 9.82. The number of phenols is 3. The normalized spacial score (nSPS) is 13.0. The Morgan fingerprint density at radius 2 is 1.62 bits per heavy atom. The summed E-state index contributed by atoms with van der Waals surface area (Å²) in [5.41, 5.74) is -0.649. The van der Waals surface area contributed by atoms with Crippen LogP contribution >= 0.6 is 11.6 Å². The van der Waals surface area contributed by atoms with E-state index in [0.717, 1.165) is 6.07 Å². The van der Waals surface area contributed by atoms with Gasteiger partial charge in [-0.25, -0.2) is 0 Å². The van der Waals surface area contributed by atoms with Gasteiger partial charge in [-0.2, -0.15) is 0 Å². The van der Waals surface area contributed by atoms with Crippen LogP contribution in [-0.4, -0.2) is 26.9 Å². The molecule has 1 aliphatic rings. The van der Waals surface area contributed by atoms with Gasteiger partial charge in [0.05, 0.1) is 22.6 Å². The molecule has 0 aliphatic heterocycles. The van der Waals surface area contributed by atoms with Gasteiger partial charge >= 0.3 is 0 Å². The molecule has 0 unspecified atom stereocenters. The molecule has 2 aromatic rings. The van der Waals surface area contributed by atoms with Gasteiger partial charge in [0.1, 0.15) is 17.2 Å². The topological polar surface area (TPSA) is 94.8 Å². The maximum atomic E-state index is 12.5. The number of phenolic OH excluding ortho intramolecular Hbond substituents is 3. The first-order valence-corrected chi connectivity index (χ1v) is 6.56. The largest absolute Gasteiger partial charge is 0.507 e. The second kappa shape index (κ2) is 4.49. The highest BCUT2D eigenvalue weighted by Crippen LogP contribution is 2.42. The fourth-order valence-electron chi connectivity index (χ4n) is 2.49. The predicted molar refractivity (Wildman–Crippen MR) is 74.3 cm³/mol. The predicted octanol–water partition coefficient (Wildman–Crippen LogP) is 2.32. The highest BCUT2D eigenvalue weighted by atomic mass is 35.5. The molecule has 0 amide bonds. The highest BCUT2D eigenvalue weighted by Gasteiger charge is 2.37. The number of rotatable bonds is 1. The first-order chi connectivity index (χ1) is 9.97. The first kappa shape index (κ1) is 13.5. The van der Waals surface area contributed by atoms with Gasteiger partial charge in [0, 0.05) is 11.1 Å². The van der Waals surface area contributed by atoms with E-state index < -0.39 is 23.1 Å². The third-order valence-corrected chi connectivity index (χ3v) is 3.76. The maximum Gasteiger partial charge on any atom is 0.202 e. The van der Waals surface area contributed by atoms with Crippen molar-refractivity contribution in [2.24, 2.45) is 0 Å². The van der Waals surface area contributed by atoms with E-state index in [1.165, 1.54) is 18.2 Å². The minimum Gasteiger partial charge on any atom is -0.507 e. The number of halogens is 1. The monoisotopic (exact) mass is 304 g/mol. The summed E-state index contributed by atoms with van der Waals surface area (Å²) in [5, 5.41) is 29.9. The zero-order valence-corrected chi connectivity index (χ0v) is 11.3. The summed E-state index contributed by atoms with van der Waals surface area (Å²) in [6.45, 7) is 0. The first-order valence-electron chi connectivity index (χ1n) is 6.02. The van der Waals surface area contributed by atoms with Crippen molar-refractivity contribution in [2.45, 2.75) is 5.88 Å².